The van der Waals surface area contributed by atoms with E-state index in [9.17, 15) is 5.26 Å². The maximum absolute atomic E-state index is 9.44. The number of benzene rings is 2. The molecule has 3 aromatic heterocycles. The van der Waals surface area contributed by atoms with E-state index in [4.69, 9.17) is 9.47 Å². The summed E-state index contributed by atoms with van der Waals surface area (Å²) in [7, 11) is 0. The normalized spacial score (nSPS) is 13.8. The van der Waals surface area contributed by atoms with Crippen LogP contribution in [0.1, 0.15) is 31.0 Å². The fraction of sp³-hybridized carbons (Fsp3) is 0.222. The monoisotopic (exact) mass is 464 g/mol. The molecule has 35 heavy (non-hydrogen) atoms. The molecular weight excluding hydrogens is 440 g/mol. The first-order valence-electron chi connectivity index (χ1n) is 11.6. The highest BCUT2D eigenvalue weighted by atomic mass is 16.6. The van der Waals surface area contributed by atoms with Crippen molar-refractivity contribution in [3.05, 3.63) is 66.0 Å². The Morgan fingerprint density at radius 1 is 0.943 bits per heavy atom. The number of aromatic amines is 2. The highest BCUT2D eigenvalue weighted by molar-refractivity contribution is 5.94. The third kappa shape index (κ3) is 3.71. The van der Waals surface area contributed by atoms with Gasteiger partial charge in [-0.2, -0.15) is 5.26 Å². The Labute approximate surface area is 201 Å². The Morgan fingerprint density at radius 2 is 1.74 bits per heavy atom. The first-order valence-corrected chi connectivity index (χ1v) is 11.6. The lowest BCUT2D eigenvalue weighted by Gasteiger charge is -2.26. The van der Waals surface area contributed by atoms with Gasteiger partial charge in [0.25, 0.3) is 0 Å². The van der Waals surface area contributed by atoms with E-state index in [-0.39, 0.29) is 6.04 Å². The lowest BCUT2D eigenvalue weighted by molar-refractivity contribution is 0.171. The Morgan fingerprint density at radius 3 is 2.57 bits per heavy atom. The van der Waals surface area contributed by atoms with Crippen LogP contribution in [0.3, 0.4) is 0 Å². The Bertz CT molecular complexity index is 1590. The summed E-state index contributed by atoms with van der Waals surface area (Å²) in [5, 5.41) is 14.9. The molecule has 0 bridgehead atoms. The quantitative estimate of drug-likeness (QED) is 0.314. The molecule has 1 aliphatic rings. The number of H-pyrrole nitrogens is 2. The topological polar surface area (TPSA) is 112 Å². The third-order valence-corrected chi connectivity index (χ3v) is 6.38. The van der Waals surface area contributed by atoms with E-state index < -0.39 is 0 Å². The van der Waals surface area contributed by atoms with Gasteiger partial charge >= 0.3 is 0 Å². The predicted octanol–water partition coefficient (Wildman–Crippen LogP) is 5.56. The number of hydrogen-bond acceptors (Lipinski definition) is 6. The summed E-state index contributed by atoms with van der Waals surface area (Å²) in [4.78, 5) is 15.8. The van der Waals surface area contributed by atoms with Gasteiger partial charge in [-0.15, -0.1) is 0 Å². The van der Waals surface area contributed by atoms with Crippen molar-refractivity contribution >= 4 is 27.8 Å². The van der Waals surface area contributed by atoms with Crippen LogP contribution in [0.25, 0.3) is 33.3 Å². The second-order valence-corrected chi connectivity index (χ2v) is 9.00. The van der Waals surface area contributed by atoms with Gasteiger partial charge in [0.05, 0.1) is 34.4 Å². The molecule has 3 N–H and O–H groups in total. The molecule has 2 aromatic carbocycles. The lowest BCUT2D eigenvalue weighted by atomic mass is 9.95. The summed E-state index contributed by atoms with van der Waals surface area (Å²) >= 11 is 0. The number of ether oxygens (including phenoxy) is 2. The van der Waals surface area contributed by atoms with Crippen molar-refractivity contribution < 1.29 is 9.47 Å². The highest BCUT2D eigenvalue weighted by Crippen LogP contribution is 2.37. The van der Waals surface area contributed by atoms with Gasteiger partial charge in [-0.25, -0.2) is 9.97 Å². The molecule has 0 radical (unpaired) electrons. The molecule has 174 valence electrons. The largest absolute Gasteiger partial charge is 0.486 e. The fourth-order valence-corrected chi connectivity index (χ4v) is 4.63. The van der Waals surface area contributed by atoms with Gasteiger partial charge in [0.15, 0.2) is 11.5 Å². The lowest BCUT2D eigenvalue weighted by Crippen LogP contribution is -2.19. The van der Waals surface area contributed by atoms with Crippen molar-refractivity contribution in [1.82, 2.24) is 19.9 Å². The SMILES string of the molecule is CC(C)[C@@H](Nc1ncnc2[nH]c(-c3cc4c(C#N)cccc4[nH]3)cc12)c1ccc2c(c1)OCCO2. The molecule has 6 rings (SSSR count). The smallest absolute Gasteiger partial charge is 0.161 e. The van der Waals surface area contributed by atoms with Crippen molar-refractivity contribution in [3.8, 4) is 29.0 Å². The summed E-state index contributed by atoms with van der Waals surface area (Å²) in [6.45, 7) is 5.47. The number of aromatic nitrogens is 4. The minimum absolute atomic E-state index is 0.00791. The van der Waals surface area contributed by atoms with Crippen molar-refractivity contribution in [2.75, 3.05) is 18.5 Å². The molecule has 1 atom stereocenters. The molecule has 0 fully saturated rings. The van der Waals surface area contributed by atoms with Crippen LogP contribution < -0.4 is 14.8 Å². The van der Waals surface area contributed by atoms with Crippen molar-refractivity contribution in [3.63, 3.8) is 0 Å². The summed E-state index contributed by atoms with van der Waals surface area (Å²) in [6, 6.07) is 18.1. The summed E-state index contributed by atoms with van der Waals surface area (Å²) in [5.74, 6) is 2.59. The van der Waals surface area contributed by atoms with Crippen molar-refractivity contribution in [2.45, 2.75) is 19.9 Å². The van der Waals surface area contributed by atoms with Crippen LogP contribution in [-0.2, 0) is 0 Å². The molecule has 8 nitrogen and oxygen atoms in total. The standard InChI is InChI=1S/C27H24N6O2/c1-15(2)25(16-6-7-23-24(10-16)35-9-8-34-23)33-27-19-12-22(32-26(19)29-14-30-27)21-11-18-17(13-28)4-3-5-20(18)31-21/h3-7,10-12,14-15,25,31H,8-9H2,1-2H3,(H2,29,30,32,33)/t25-/m1/s1. The first-order chi connectivity index (χ1) is 17.1. The minimum Gasteiger partial charge on any atom is -0.486 e. The Balaban J connectivity index is 1.37. The van der Waals surface area contributed by atoms with Gasteiger partial charge in [-0.1, -0.05) is 26.0 Å². The van der Waals surface area contributed by atoms with Gasteiger partial charge in [-0.3, -0.25) is 0 Å². The van der Waals surface area contributed by atoms with Crippen LogP contribution in [0, 0.1) is 17.2 Å². The average molecular weight is 465 g/mol. The molecule has 8 heteroatoms. The summed E-state index contributed by atoms with van der Waals surface area (Å²) in [6.07, 6.45) is 1.56. The molecule has 0 saturated carbocycles. The van der Waals surface area contributed by atoms with Gasteiger partial charge < -0.3 is 24.8 Å². The predicted molar refractivity (Wildman–Crippen MR) is 135 cm³/mol. The van der Waals surface area contributed by atoms with Crippen LogP contribution in [-0.4, -0.2) is 33.1 Å². The zero-order valence-corrected chi connectivity index (χ0v) is 19.4. The molecule has 0 saturated heterocycles. The number of nitrogens with zero attached hydrogens (tertiary/aromatic N) is 3. The average Bonchev–Trinajstić information content (AvgIpc) is 3.51. The summed E-state index contributed by atoms with van der Waals surface area (Å²) < 4.78 is 11.5. The van der Waals surface area contributed by atoms with E-state index in [0.29, 0.717) is 24.7 Å². The molecule has 1 aliphatic heterocycles. The molecule has 5 aromatic rings. The van der Waals surface area contributed by atoms with Crippen LogP contribution in [0.15, 0.2) is 54.9 Å². The van der Waals surface area contributed by atoms with Crippen molar-refractivity contribution in [2.24, 2.45) is 5.92 Å². The van der Waals surface area contributed by atoms with Crippen LogP contribution in [0.5, 0.6) is 11.5 Å². The second kappa shape index (κ2) is 8.37. The minimum atomic E-state index is 0.00791. The Kier molecular flexibility index (Phi) is 5.03. The van der Waals surface area contributed by atoms with Crippen LogP contribution in [0.4, 0.5) is 5.82 Å². The molecule has 0 aliphatic carbocycles. The van der Waals surface area contributed by atoms with Crippen LogP contribution >= 0.6 is 0 Å². The van der Waals surface area contributed by atoms with E-state index in [0.717, 1.165) is 56.2 Å². The van der Waals surface area contributed by atoms with E-state index in [1.807, 2.05) is 42.5 Å². The van der Waals surface area contributed by atoms with Gasteiger partial charge in [0.1, 0.15) is 31.0 Å². The van der Waals surface area contributed by atoms with E-state index >= 15 is 0 Å². The number of nitrogens with one attached hydrogen (secondary N) is 3. The number of rotatable bonds is 5. The third-order valence-electron chi connectivity index (χ3n) is 6.38. The van der Waals surface area contributed by atoms with E-state index in [2.05, 4.69) is 51.2 Å². The number of nitriles is 1. The van der Waals surface area contributed by atoms with Crippen molar-refractivity contribution in [1.29, 1.82) is 5.26 Å². The first kappa shape index (κ1) is 21.1. The van der Waals surface area contributed by atoms with Crippen LogP contribution in [0.2, 0.25) is 0 Å². The second-order valence-electron chi connectivity index (χ2n) is 9.00. The molecule has 0 spiro atoms. The molecule has 0 unspecified atom stereocenters. The van der Waals surface area contributed by atoms with E-state index in [1.165, 1.54) is 0 Å². The Hall–Kier alpha value is -4.51. The van der Waals surface area contributed by atoms with Gasteiger partial charge in [-0.05, 0) is 47.9 Å². The number of fused-ring (bicyclic) bond motifs is 3. The van der Waals surface area contributed by atoms with Gasteiger partial charge in [0.2, 0.25) is 0 Å². The number of hydrogen-bond donors (Lipinski definition) is 3. The fourth-order valence-electron chi connectivity index (χ4n) is 4.63. The van der Waals surface area contributed by atoms with Gasteiger partial charge in [0, 0.05) is 10.9 Å². The van der Waals surface area contributed by atoms with E-state index in [1.54, 1.807) is 6.33 Å². The maximum atomic E-state index is 9.44. The summed E-state index contributed by atoms with van der Waals surface area (Å²) in [5.41, 5.74) is 5.17. The molecule has 0 amide bonds. The maximum Gasteiger partial charge on any atom is 0.161 e. The zero-order chi connectivity index (χ0) is 23.9. The zero-order valence-electron chi connectivity index (χ0n) is 19.4. The number of anilines is 1. The highest BCUT2D eigenvalue weighted by Gasteiger charge is 2.22. The molecular formula is C27H24N6O2. The molecule has 4 heterocycles.